The first kappa shape index (κ1) is 18.9. The minimum atomic E-state index is -0.980. The molecule has 2 rings (SSSR count). The molecule has 1 aliphatic rings. The van der Waals surface area contributed by atoms with Crippen LogP contribution in [0.5, 0.6) is 0 Å². The van der Waals surface area contributed by atoms with Gasteiger partial charge >= 0.3 is 17.8 Å². The van der Waals surface area contributed by atoms with Crippen LogP contribution in [0.15, 0.2) is 24.3 Å². The Balaban J connectivity index is 2.03. The van der Waals surface area contributed by atoms with Crippen LogP contribution in [-0.4, -0.2) is 46.6 Å². The number of rotatable bonds is 6. The molecule has 134 valence electrons. The van der Waals surface area contributed by atoms with Gasteiger partial charge in [0.2, 0.25) is 5.91 Å². The normalized spacial score (nSPS) is 16.0. The highest BCUT2D eigenvalue weighted by Gasteiger charge is 2.45. The number of halogens is 1. The number of carbonyl (C=O) groups is 4. The summed E-state index contributed by atoms with van der Waals surface area (Å²) in [7, 11) is 0. The van der Waals surface area contributed by atoms with Crippen LogP contribution in [0.25, 0.3) is 0 Å². The van der Waals surface area contributed by atoms with Crippen LogP contribution >= 0.6 is 11.6 Å². The van der Waals surface area contributed by atoms with E-state index in [9.17, 15) is 19.2 Å². The average Bonchev–Trinajstić information content (AvgIpc) is 2.72. The average molecular weight is 366 g/mol. The summed E-state index contributed by atoms with van der Waals surface area (Å²) >= 11 is 6.08. The van der Waals surface area contributed by atoms with E-state index in [2.05, 4.69) is 5.32 Å². The minimum absolute atomic E-state index is 0.0229. The zero-order chi connectivity index (χ0) is 18.7. The third-order valence-electron chi connectivity index (χ3n) is 3.73. The molecular formula is C17H20ClN3O4. The van der Waals surface area contributed by atoms with E-state index in [1.54, 1.807) is 31.2 Å². The van der Waals surface area contributed by atoms with Crippen molar-refractivity contribution in [3.8, 4) is 0 Å². The quantitative estimate of drug-likeness (QED) is 0.616. The summed E-state index contributed by atoms with van der Waals surface area (Å²) in [5, 5.41) is 3.18. The second-order valence-electron chi connectivity index (χ2n) is 6.29. The molecule has 0 radical (unpaired) electrons. The molecule has 1 aromatic rings. The number of nitrogens with zero attached hydrogens (tertiary/aromatic N) is 2. The number of urea groups is 1. The van der Waals surface area contributed by atoms with Crippen LogP contribution in [0.3, 0.4) is 0 Å². The Morgan fingerprint density at radius 1 is 1.08 bits per heavy atom. The van der Waals surface area contributed by atoms with E-state index in [-0.39, 0.29) is 12.5 Å². The number of hydrogen-bond acceptors (Lipinski definition) is 4. The fourth-order valence-corrected chi connectivity index (χ4v) is 2.85. The lowest BCUT2D eigenvalue weighted by Gasteiger charge is -2.19. The van der Waals surface area contributed by atoms with E-state index in [0.29, 0.717) is 15.5 Å². The molecule has 1 N–H and O–H groups in total. The molecule has 1 atom stereocenters. The van der Waals surface area contributed by atoms with Crippen molar-refractivity contribution < 1.29 is 19.2 Å². The van der Waals surface area contributed by atoms with Crippen LogP contribution in [0.2, 0.25) is 5.02 Å². The lowest BCUT2D eigenvalue weighted by Crippen LogP contribution is -2.42. The van der Waals surface area contributed by atoms with Crippen LogP contribution in [0.4, 0.5) is 4.79 Å². The molecule has 0 unspecified atom stereocenters. The second kappa shape index (κ2) is 7.65. The molecule has 1 aromatic carbocycles. The van der Waals surface area contributed by atoms with E-state index in [0.717, 1.165) is 4.90 Å². The maximum Gasteiger partial charge on any atom is 0.334 e. The first-order chi connectivity index (χ1) is 11.7. The molecule has 0 aliphatic carbocycles. The lowest BCUT2D eigenvalue weighted by atomic mass is 10.1. The van der Waals surface area contributed by atoms with Gasteiger partial charge in [0.05, 0.1) is 6.04 Å². The van der Waals surface area contributed by atoms with Crippen molar-refractivity contribution in [2.75, 3.05) is 13.1 Å². The molecule has 5 amide bonds. The van der Waals surface area contributed by atoms with Crippen LogP contribution < -0.4 is 5.32 Å². The Hall–Kier alpha value is -2.41. The fraction of sp³-hybridized carbons (Fsp3) is 0.412. The van der Waals surface area contributed by atoms with Crippen molar-refractivity contribution in [3.63, 3.8) is 0 Å². The first-order valence-corrected chi connectivity index (χ1v) is 8.31. The van der Waals surface area contributed by atoms with E-state index in [4.69, 9.17) is 11.6 Å². The third-order valence-corrected chi connectivity index (χ3v) is 4.08. The number of carbonyl (C=O) groups excluding carboxylic acids is 4. The van der Waals surface area contributed by atoms with Gasteiger partial charge in [0, 0.05) is 11.6 Å². The van der Waals surface area contributed by atoms with Crippen LogP contribution in [0, 0.1) is 5.92 Å². The predicted octanol–water partition coefficient (Wildman–Crippen LogP) is 1.96. The standard InChI is InChI=1S/C17H20ClN3O4/c1-10(2)8-20-15(23)16(24)21(17(20)25)9-14(22)19-11(3)12-6-4-5-7-13(12)18/h4-7,10-11H,8-9H2,1-3H3,(H,19,22)/t11-/m0/s1. The third kappa shape index (κ3) is 4.17. The van der Waals surface area contributed by atoms with E-state index >= 15 is 0 Å². The van der Waals surface area contributed by atoms with Gasteiger partial charge in [0.15, 0.2) is 0 Å². The Morgan fingerprint density at radius 3 is 2.28 bits per heavy atom. The smallest absolute Gasteiger partial charge is 0.334 e. The van der Waals surface area contributed by atoms with Crippen molar-refractivity contribution in [3.05, 3.63) is 34.9 Å². The van der Waals surface area contributed by atoms with Crippen molar-refractivity contribution in [1.29, 1.82) is 0 Å². The van der Waals surface area contributed by atoms with Gasteiger partial charge in [0.25, 0.3) is 0 Å². The Labute approximate surface area is 150 Å². The molecule has 1 saturated heterocycles. The molecule has 1 heterocycles. The molecule has 0 aromatic heterocycles. The van der Waals surface area contributed by atoms with Gasteiger partial charge in [-0.1, -0.05) is 43.6 Å². The number of imide groups is 2. The number of nitrogens with one attached hydrogen (secondary N) is 1. The molecule has 25 heavy (non-hydrogen) atoms. The predicted molar refractivity (Wildman–Crippen MR) is 91.7 cm³/mol. The van der Waals surface area contributed by atoms with E-state index in [1.807, 2.05) is 13.8 Å². The van der Waals surface area contributed by atoms with Crippen molar-refractivity contribution in [2.45, 2.75) is 26.8 Å². The summed E-state index contributed by atoms with van der Waals surface area (Å²) in [6.45, 7) is 5.02. The summed E-state index contributed by atoms with van der Waals surface area (Å²) in [6.07, 6.45) is 0. The monoisotopic (exact) mass is 365 g/mol. The Kier molecular flexibility index (Phi) is 5.79. The fourth-order valence-electron chi connectivity index (χ4n) is 2.55. The maximum atomic E-state index is 12.2. The van der Waals surface area contributed by atoms with Crippen molar-refractivity contribution in [1.82, 2.24) is 15.1 Å². The molecule has 7 nitrogen and oxygen atoms in total. The van der Waals surface area contributed by atoms with Gasteiger partial charge in [-0.2, -0.15) is 0 Å². The molecule has 0 spiro atoms. The molecule has 0 saturated carbocycles. The van der Waals surface area contributed by atoms with E-state index in [1.165, 1.54) is 0 Å². The van der Waals surface area contributed by atoms with Crippen LogP contribution in [0.1, 0.15) is 32.4 Å². The van der Waals surface area contributed by atoms with E-state index < -0.39 is 36.3 Å². The van der Waals surface area contributed by atoms with Gasteiger partial charge < -0.3 is 5.32 Å². The van der Waals surface area contributed by atoms with Gasteiger partial charge in [-0.15, -0.1) is 0 Å². The Morgan fingerprint density at radius 2 is 1.68 bits per heavy atom. The zero-order valence-corrected chi connectivity index (χ0v) is 15.0. The summed E-state index contributed by atoms with van der Waals surface area (Å²) in [6, 6.07) is 5.88. The van der Waals surface area contributed by atoms with Crippen LogP contribution in [-0.2, 0) is 14.4 Å². The molecular weight excluding hydrogens is 346 g/mol. The highest BCUT2D eigenvalue weighted by atomic mass is 35.5. The largest absolute Gasteiger partial charge is 0.348 e. The zero-order valence-electron chi connectivity index (χ0n) is 14.3. The van der Waals surface area contributed by atoms with Crippen molar-refractivity contribution in [2.24, 2.45) is 5.92 Å². The maximum absolute atomic E-state index is 12.2. The van der Waals surface area contributed by atoms with Gasteiger partial charge in [0.1, 0.15) is 6.54 Å². The van der Waals surface area contributed by atoms with Gasteiger partial charge in [-0.25, -0.2) is 9.69 Å². The molecule has 1 fully saturated rings. The molecule has 0 bridgehead atoms. The lowest BCUT2D eigenvalue weighted by molar-refractivity contribution is -0.144. The SMILES string of the molecule is CC(C)CN1C(=O)C(=O)N(CC(=O)N[C@@H](C)c2ccccc2Cl)C1=O. The topological polar surface area (TPSA) is 86.8 Å². The number of amides is 5. The van der Waals surface area contributed by atoms with Gasteiger partial charge in [-0.05, 0) is 24.5 Å². The van der Waals surface area contributed by atoms with Crippen molar-refractivity contribution >= 4 is 35.4 Å². The highest BCUT2D eigenvalue weighted by molar-refractivity contribution is 6.45. The summed E-state index contributed by atoms with van der Waals surface area (Å²) in [4.78, 5) is 49.8. The Bertz CT molecular complexity index is 720. The van der Waals surface area contributed by atoms with Gasteiger partial charge in [-0.3, -0.25) is 19.3 Å². The molecule has 8 heteroatoms. The second-order valence-corrected chi connectivity index (χ2v) is 6.70. The summed E-state index contributed by atoms with van der Waals surface area (Å²) in [5.74, 6) is -2.40. The number of hydrogen-bond donors (Lipinski definition) is 1. The molecule has 1 aliphatic heterocycles. The highest BCUT2D eigenvalue weighted by Crippen LogP contribution is 2.22. The summed E-state index contributed by atoms with van der Waals surface area (Å²) < 4.78 is 0. The minimum Gasteiger partial charge on any atom is -0.348 e. The summed E-state index contributed by atoms with van der Waals surface area (Å²) in [5.41, 5.74) is 0.717. The number of benzene rings is 1. The first-order valence-electron chi connectivity index (χ1n) is 7.93.